The molecule has 0 spiro atoms. The van der Waals surface area contributed by atoms with Gasteiger partial charge in [0, 0.05) is 30.9 Å². The summed E-state index contributed by atoms with van der Waals surface area (Å²) in [6.07, 6.45) is -14.2. The molecule has 0 fully saturated rings. The van der Waals surface area contributed by atoms with E-state index < -0.39 is 58.8 Å². The summed E-state index contributed by atoms with van der Waals surface area (Å²) in [6.45, 7) is 0. The van der Waals surface area contributed by atoms with Crippen LogP contribution < -0.4 is 0 Å². The number of benzene rings is 5. The fourth-order valence-electron chi connectivity index (χ4n) is 6.72. The maximum atomic E-state index is 15.0. The smallest absolute Gasteiger partial charge is 0.432 e. The fraction of sp³-hybridized carbons (Fsp3) is 0.263. The van der Waals surface area contributed by atoms with Crippen molar-refractivity contribution in [2.24, 2.45) is 0 Å². The Bertz CT molecular complexity index is 2030. The van der Waals surface area contributed by atoms with Crippen LogP contribution in [0.3, 0.4) is 0 Å². The van der Waals surface area contributed by atoms with Gasteiger partial charge >= 0.3 is 24.3 Å². The summed E-state index contributed by atoms with van der Waals surface area (Å²) < 4.78 is 111. The van der Waals surface area contributed by atoms with Crippen LogP contribution in [0, 0.1) is 0 Å². The van der Waals surface area contributed by atoms with Gasteiger partial charge in [-0.05, 0) is 52.1 Å². The Balaban J connectivity index is 1.53. The molecule has 50 heavy (non-hydrogen) atoms. The first-order valence-corrected chi connectivity index (χ1v) is 15.5. The molecule has 5 aromatic rings. The number of rotatable bonds is 8. The summed E-state index contributed by atoms with van der Waals surface area (Å²) in [7, 11) is 1.40. The number of hydrogen-bond donors (Lipinski definition) is 0. The highest BCUT2D eigenvalue weighted by Crippen LogP contribution is 2.48. The molecule has 12 heteroatoms. The monoisotopic (exact) mass is 696 g/mol. The van der Waals surface area contributed by atoms with E-state index in [0.29, 0.717) is 30.6 Å². The molecule has 6 rings (SSSR count). The predicted molar refractivity (Wildman–Crippen MR) is 171 cm³/mol. The van der Waals surface area contributed by atoms with E-state index in [9.17, 15) is 35.9 Å². The highest BCUT2D eigenvalue weighted by atomic mass is 19.4. The van der Waals surface area contributed by atoms with Crippen LogP contribution in [-0.2, 0) is 46.2 Å². The van der Waals surface area contributed by atoms with Gasteiger partial charge in [0.2, 0.25) is 0 Å². The lowest BCUT2D eigenvalue weighted by atomic mass is 9.82. The standard InChI is InChI=1S/C38H30F6O6/c1-47-35(37(39,40)41,27-13-5-3-6-14-27)33(45)49-30-20-19-23-17-18-26-21-24-11-9-10-12-25(24)22-29(26)31(23)32(30)50-34(46)36(48-2,38(42,43)44)28-15-7-4-8-16-28/h3-18,21-22,30,32H,19-20H2,1-2H3/t30-,32-,35+,36+/m0/s1. The zero-order valence-electron chi connectivity index (χ0n) is 26.7. The molecule has 0 aromatic heterocycles. The Morgan fingerprint density at radius 2 is 1.08 bits per heavy atom. The maximum Gasteiger partial charge on any atom is 0.432 e. The van der Waals surface area contributed by atoms with Gasteiger partial charge in [-0.15, -0.1) is 0 Å². The lowest BCUT2D eigenvalue weighted by Crippen LogP contribution is -2.54. The zero-order chi connectivity index (χ0) is 35.9. The summed E-state index contributed by atoms with van der Waals surface area (Å²) in [6, 6.07) is 26.5. The average Bonchev–Trinajstić information content (AvgIpc) is 3.09. The molecular weight excluding hydrogens is 666 g/mol. The minimum Gasteiger partial charge on any atom is -0.455 e. The van der Waals surface area contributed by atoms with Crippen LogP contribution >= 0.6 is 0 Å². The van der Waals surface area contributed by atoms with E-state index in [1.165, 1.54) is 36.4 Å². The lowest BCUT2D eigenvalue weighted by Gasteiger charge is -2.39. The fourth-order valence-corrected chi connectivity index (χ4v) is 6.72. The van der Waals surface area contributed by atoms with Crippen LogP contribution in [-0.4, -0.2) is 44.6 Å². The van der Waals surface area contributed by atoms with Crippen molar-refractivity contribution in [2.45, 2.75) is 48.6 Å². The molecule has 0 N–H and O–H groups in total. The molecule has 0 heterocycles. The van der Waals surface area contributed by atoms with Crippen LogP contribution in [0.15, 0.2) is 109 Å². The number of fused-ring (bicyclic) bond motifs is 4. The second-order valence-corrected chi connectivity index (χ2v) is 11.9. The number of alkyl halides is 6. The third-order valence-corrected chi connectivity index (χ3v) is 9.18. The molecule has 5 aromatic carbocycles. The van der Waals surface area contributed by atoms with E-state index in [1.54, 1.807) is 30.3 Å². The molecule has 6 nitrogen and oxygen atoms in total. The minimum atomic E-state index is -5.35. The van der Waals surface area contributed by atoms with Gasteiger partial charge in [-0.3, -0.25) is 0 Å². The van der Waals surface area contributed by atoms with Gasteiger partial charge in [0.05, 0.1) is 0 Å². The molecule has 0 unspecified atom stereocenters. The summed E-state index contributed by atoms with van der Waals surface area (Å²) in [5, 5.41) is 2.64. The third-order valence-electron chi connectivity index (χ3n) is 9.18. The van der Waals surface area contributed by atoms with Gasteiger partial charge in [-0.2, -0.15) is 26.3 Å². The van der Waals surface area contributed by atoms with E-state index in [4.69, 9.17) is 18.9 Å². The summed E-state index contributed by atoms with van der Waals surface area (Å²) in [4.78, 5) is 27.8. The number of aryl methyl sites for hydroxylation is 1. The molecule has 4 atom stereocenters. The van der Waals surface area contributed by atoms with Crippen molar-refractivity contribution < 1.29 is 54.9 Å². The summed E-state index contributed by atoms with van der Waals surface area (Å²) in [5.74, 6) is -3.77. The normalized spacial score (nSPS) is 18.9. The number of methoxy groups -OCH3 is 2. The molecule has 0 aliphatic heterocycles. The Morgan fingerprint density at radius 3 is 1.58 bits per heavy atom. The molecular formula is C38H30F6O6. The van der Waals surface area contributed by atoms with Gasteiger partial charge in [0.15, 0.2) is 6.10 Å². The molecule has 0 bridgehead atoms. The first kappa shape index (κ1) is 34.9. The van der Waals surface area contributed by atoms with Gasteiger partial charge in [0.25, 0.3) is 11.2 Å². The van der Waals surface area contributed by atoms with Crippen molar-refractivity contribution in [3.8, 4) is 0 Å². The Labute approximate surface area is 282 Å². The van der Waals surface area contributed by atoms with E-state index in [1.807, 2.05) is 18.2 Å². The Morgan fingerprint density at radius 1 is 0.600 bits per heavy atom. The van der Waals surface area contributed by atoms with E-state index in [2.05, 4.69) is 0 Å². The third kappa shape index (κ3) is 5.66. The van der Waals surface area contributed by atoms with E-state index in [0.717, 1.165) is 35.0 Å². The van der Waals surface area contributed by atoms with Crippen LogP contribution in [0.2, 0.25) is 0 Å². The van der Waals surface area contributed by atoms with Crippen LogP contribution in [0.4, 0.5) is 26.3 Å². The predicted octanol–water partition coefficient (Wildman–Crippen LogP) is 8.64. The second-order valence-electron chi connectivity index (χ2n) is 11.9. The zero-order valence-corrected chi connectivity index (χ0v) is 26.7. The van der Waals surface area contributed by atoms with Crippen molar-refractivity contribution in [2.75, 3.05) is 14.2 Å². The van der Waals surface area contributed by atoms with Crippen molar-refractivity contribution in [1.82, 2.24) is 0 Å². The van der Waals surface area contributed by atoms with E-state index in [-0.39, 0.29) is 18.4 Å². The lowest BCUT2D eigenvalue weighted by molar-refractivity contribution is -0.286. The van der Waals surface area contributed by atoms with Crippen molar-refractivity contribution >= 4 is 33.5 Å². The minimum absolute atomic E-state index is 0.134. The second kappa shape index (κ2) is 13.1. The molecule has 260 valence electrons. The highest BCUT2D eigenvalue weighted by Gasteiger charge is 2.66. The highest BCUT2D eigenvalue weighted by molar-refractivity contribution is 6.00. The number of halogens is 6. The quantitative estimate of drug-likeness (QED) is 0.0920. The van der Waals surface area contributed by atoms with Crippen LogP contribution in [0.5, 0.6) is 0 Å². The number of esters is 2. The van der Waals surface area contributed by atoms with Crippen molar-refractivity contribution in [3.63, 3.8) is 0 Å². The average molecular weight is 697 g/mol. The first-order chi connectivity index (χ1) is 23.8. The number of carbonyl (C=O) groups excluding carboxylic acids is 2. The van der Waals surface area contributed by atoms with Gasteiger partial charge < -0.3 is 18.9 Å². The van der Waals surface area contributed by atoms with Crippen LogP contribution in [0.25, 0.3) is 21.5 Å². The number of carbonyl (C=O) groups is 2. The molecule has 0 radical (unpaired) electrons. The van der Waals surface area contributed by atoms with Gasteiger partial charge in [-0.1, -0.05) is 97.1 Å². The van der Waals surface area contributed by atoms with Crippen molar-refractivity contribution in [3.05, 3.63) is 131 Å². The molecule has 0 saturated heterocycles. The Hall–Kier alpha value is -4.94. The summed E-state index contributed by atoms with van der Waals surface area (Å²) in [5.41, 5.74) is -7.67. The van der Waals surface area contributed by atoms with Crippen molar-refractivity contribution in [1.29, 1.82) is 0 Å². The summed E-state index contributed by atoms with van der Waals surface area (Å²) >= 11 is 0. The number of hydrogen-bond acceptors (Lipinski definition) is 6. The largest absolute Gasteiger partial charge is 0.455 e. The van der Waals surface area contributed by atoms with Gasteiger partial charge in [0.1, 0.15) is 6.10 Å². The molecule has 1 aliphatic carbocycles. The first-order valence-electron chi connectivity index (χ1n) is 15.5. The maximum absolute atomic E-state index is 15.0. The molecule has 0 saturated carbocycles. The SMILES string of the molecule is CO[C@@](C(=O)O[C@H]1CCc2ccc3cc4ccccc4cc3c2[C@H]1OC(=O)[C@](OC)(c1ccccc1)C(F)(F)F)(c1ccccc1)C(F)(F)F. The van der Waals surface area contributed by atoms with Gasteiger partial charge in [-0.25, -0.2) is 9.59 Å². The molecule has 1 aliphatic rings. The van der Waals surface area contributed by atoms with E-state index >= 15 is 0 Å². The number of ether oxygens (including phenoxy) is 4. The molecule has 0 amide bonds. The van der Waals surface area contributed by atoms with Crippen LogP contribution in [0.1, 0.15) is 34.8 Å². The topological polar surface area (TPSA) is 71.1 Å². The Kier molecular flexibility index (Phi) is 9.12.